The standard InChI is InChI=1S/C26H28FN3/c1-26-16-19-17-29-30(23-12-10-22(27)11-13-23)25(19)15-21(26)9-8-20(26)14-24(28-2)18-6-4-3-5-7-18/h3-7,10-13,15,17,20,24,28H,8-9,14,16H2,1-2H3/t20-,24?,26-/m1/s1. The van der Waals surface area contributed by atoms with Crippen LogP contribution < -0.4 is 5.32 Å². The summed E-state index contributed by atoms with van der Waals surface area (Å²) in [5.41, 5.74) is 6.43. The molecule has 1 saturated carbocycles. The zero-order valence-electron chi connectivity index (χ0n) is 17.6. The van der Waals surface area contributed by atoms with Crippen LogP contribution in [0.4, 0.5) is 4.39 Å². The minimum absolute atomic E-state index is 0.174. The maximum absolute atomic E-state index is 13.3. The number of nitrogens with one attached hydrogen (secondary N) is 1. The zero-order chi connectivity index (χ0) is 20.7. The van der Waals surface area contributed by atoms with E-state index in [4.69, 9.17) is 0 Å². The summed E-state index contributed by atoms with van der Waals surface area (Å²) in [7, 11) is 2.07. The van der Waals surface area contributed by atoms with E-state index in [0.717, 1.165) is 30.6 Å². The first-order valence-electron chi connectivity index (χ1n) is 10.8. The molecule has 3 aromatic rings. The molecular weight excluding hydrogens is 373 g/mol. The zero-order valence-corrected chi connectivity index (χ0v) is 17.6. The van der Waals surface area contributed by atoms with Gasteiger partial charge >= 0.3 is 0 Å². The number of halogens is 1. The molecular formula is C26H28FN3. The van der Waals surface area contributed by atoms with Crippen molar-refractivity contribution in [2.45, 2.75) is 38.6 Å². The monoisotopic (exact) mass is 401 g/mol. The first-order valence-corrected chi connectivity index (χ1v) is 10.8. The Morgan fingerprint density at radius 3 is 2.67 bits per heavy atom. The van der Waals surface area contributed by atoms with E-state index in [-0.39, 0.29) is 11.2 Å². The van der Waals surface area contributed by atoms with Gasteiger partial charge in [0.1, 0.15) is 5.82 Å². The van der Waals surface area contributed by atoms with Crippen molar-refractivity contribution in [3.8, 4) is 5.69 Å². The molecule has 3 nitrogen and oxygen atoms in total. The molecule has 2 aromatic carbocycles. The topological polar surface area (TPSA) is 29.9 Å². The van der Waals surface area contributed by atoms with E-state index in [1.165, 1.54) is 35.3 Å². The highest BCUT2D eigenvalue weighted by Gasteiger charge is 2.46. The van der Waals surface area contributed by atoms with E-state index in [0.29, 0.717) is 12.0 Å². The Hall–Kier alpha value is -2.72. The van der Waals surface area contributed by atoms with Crippen LogP contribution in [0, 0.1) is 17.2 Å². The molecule has 0 saturated heterocycles. The molecule has 0 spiro atoms. The fourth-order valence-electron chi connectivity index (χ4n) is 5.49. The summed E-state index contributed by atoms with van der Waals surface area (Å²) >= 11 is 0. The second-order valence-corrected chi connectivity index (χ2v) is 8.93. The molecule has 0 amide bonds. The van der Waals surface area contributed by atoms with Crippen LogP contribution >= 0.6 is 0 Å². The predicted molar refractivity (Wildman–Crippen MR) is 119 cm³/mol. The first-order chi connectivity index (χ1) is 14.6. The van der Waals surface area contributed by atoms with Crippen molar-refractivity contribution in [1.82, 2.24) is 15.1 Å². The lowest BCUT2D eigenvalue weighted by Gasteiger charge is -2.37. The number of hydrogen-bond acceptors (Lipinski definition) is 2. The summed E-state index contributed by atoms with van der Waals surface area (Å²) in [5.74, 6) is 0.408. The molecule has 154 valence electrons. The number of allylic oxidation sites excluding steroid dienone is 1. The van der Waals surface area contributed by atoms with Crippen LogP contribution in [-0.2, 0) is 6.42 Å². The van der Waals surface area contributed by atoms with Gasteiger partial charge in [-0.3, -0.25) is 0 Å². The molecule has 0 bridgehead atoms. The van der Waals surface area contributed by atoms with Crippen molar-refractivity contribution in [2.24, 2.45) is 11.3 Å². The third kappa shape index (κ3) is 3.20. The highest BCUT2D eigenvalue weighted by Crippen LogP contribution is 2.55. The lowest BCUT2D eigenvalue weighted by Crippen LogP contribution is -2.32. The number of benzene rings is 2. The van der Waals surface area contributed by atoms with Gasteiger partial charge in [-0.1, -0.05) is 42.8 Å². The summed E-state index contributed by atoms with van der Waals surface area (Å²) in [5, 5.41) is 8.18. The molecule has 2 aliphatic rings. The summed E-state index contributed by atoms with van der Waals surface area (Å²) < 4.78 is 15.3. The molecule has 2 aliphatic carbocycles. The first kappa shape index (κ1) is 19.3. The van der Waals surface area contributed by atoms with E-state index in [1.54, 1.807) is 12.1 Å². The summed E-state index contributed by atoms with van der Waals surface area (Å²) in [6.45, 7) is 2.44. The van der Waals surface area contributed by atoms with Gasteiger partial charge in [-0.05, 0) is 85.5 Å². The Kier molecular flexibility index (Phi) is 4.82. The number of rotatable bonds is 5. The van der Waals surface area contributed by atoms with Crippen LogP contribution in [0.25, 0.3) is 11.8 Å². The van der Waals surface area contributed by atoms with E-state index in [9.17, 15) is 4.39 Å². The normalized spacial score (nSPS) is 23.6. The van der Waals surface area contributed by atoms with Crippen LogP contribution in [0.15, 0.2) is 66.4 Å². The fraction of sp³-hybridized carbons (Fsp3) is 0.346. The van der Waals surface area contributed by atoms with Crippen LogP contribution in [0.5, 0.6) is 0 Å². The van der Waals surface area contributed by atoms with Gasteiger partial charge in [0.25, 0.3) is 0 Å². The number of aromatic nitrogens is 2. The predicted octanol–water partition coefficient (Wildman–Crippen LogP) is 5.72. The van der Waals surface area contributed by atoms with Gasteiger partial charge < -0.3 is 5.32 Å². The van der Waals surface area contributed by atoms with Crippen molar-refractivity contribution in [1.29, 1.82) is 0 Å². The molecule has 1 heterocycles. The molecule has 5 rings (SSSR count). The van der Waals surface area contributed by atoms with E-state index in [1.807, 2.05) is 10.9 Å². The van der Waals surface area contributed by atoms with Crippen molar-refractivity contribution in [2.75, 3.05) is 7.05 Å². The SMILES string of the molecule is CNC(C[C@H]1CCC2=Cc3c(cnn3-c3ccc(F)cc3)C[C@@]21C)c1ccccc1. The van der Waals surface area contributed by atoms with E-state index < -0.39 is 0 Å². The van der Waals surface area contributed by atoms with Gasteiger partial charge in [0.05, 0.1) is 17.6 Å². The van der Waals surface area contributed by atoms with Crippen LogP contribution in [-0.4, -0.2) is 16.8 Å². The second kappa shape index (κ2) is 7.51. The smallest absolute Gasteiger partial charge is 0.123 e. The number of fused-ring (bicyclic) bond motifs is 2. The largest absolute Gasteiger partial charge is 0.313 e. The summed E-state index contributed by atoms with van der Waals surface area (Å²) in [6, 6.07) is 17.7. The molecule has 30 heavy (non-hydrogen) atoms. The maximum atomic E-state index is 13.3. The van der Waals surface area contributed by atoms with E-state index in [2.05, 4.69) is 60.8 Å². The Balaban J connectivity index is 1.43. The molecule has 1 N–H and O–H groups in total. The average molecular weight is 402 g/mol. The van der Waals surface area contributed by atoms with Crippen molar-refractivity contribution in [3.63, 3.8) is 0 Å². The minimum Gasteiger partial charge on any atom is -0.313 e. The molecule has 4 heteroatoms. The van der Waals surface area contributed by atoms with Gasteiger partial charge in [-0.15, -0.1) is 0 Å². The fourth-order valence-corrected chi connectivity index (χ4v) is 5.49. The third-order valence-electron chi connectivity index (χ3n) is 7.29. The van der Waals surface area contributed by atoms with Crippen LogP contribution in [0.3, 0.4) is 0 Å². The van der Waals surface area contributed by atoms with Crippen molar-refractivity contribution < 1.29 is 4.39 Å². The Morgan fingerprint density at radius 1 is 1.17 bits per heavy atom. The average Bonchev–Trinajstić information content (AvgIpc) is 3.31. The van der Waals surface area contributed by atoms with Gasteiger partial charge in [-0.2, -0.15) is 5.10 Å². The maximum Gasteiger partial charge on any atom is 0.123 e. The van der Waals surface area contributed by atoms with Gasteiger partial charge in [-0.25, -0.2) is 9.07 Å². The second-order valence-electron chi connectivity index (χ2n) is 8.93. The Bertz CT molecular complexity index is 1070. The van der Waals surface area contributed by atoms with E-state index >= 15 is 0 Å². The highest BCUT2D eigenvalue weighted by molar-refractivity contribution is 5.61. The van der Waals surface area contributed by atoms with Crippen molar-refractivity contribution >= 4 is 6.08 Å². The summed E-state index contributed by atoms with van der Waals surface area (Å²) in [6.07, 6.45) is 8.87. The Labute approximate surface area is 177 Å². The number of nitrogens with zero attached hydrogens (tertiary/aromatic N) is 2. The minimum atomic E-state index is -0.221. The molecule has 1 fully saturated rings. The molecule has 0 radical (unpaired) electrons. The third-order valence-corrected chi connectivity index (χ3v) is 7.29. The summed E-state index contributed by atoms with van der Waals surface area (Å²) in [4.78, 5) is 0. The van der Waals surface area contributed by atoms with Gasteiger partial charge in [0.15, 0.2) is 0 Å². The molecule has 3 atom stereocenters. The molecule has 1 unspecified atom stereocenters. The quantitative estimate of drug-likeness (QED) is 0.593. The molecule has 1 aromatic heterocycles. The van der Waals surface area contributed by atoms with Crippen LogP contribution in [0.1, 0.15) is 49.0 Å². The lowest BCUT2D eigenvalue weighted by molar-refractivity contribution is 0.234. The van der Waals surface area contributed by atoms with Gasteiger partial charge in [0, 0.05) is 6.04 Å². The highest BCUT2D eigenvalue weighted by atomic mass is 19.1. The van der Waals surface area contributed by atoms with Crippen molar-refractivity contribution in [3.05, 3.63) is 89.0 Å². The Morgan fingerprint density at radius 2 is 1.93 bits per heavy atom. The van der Waals surface area contributed by atoms with Gasteiger partial charge in [0.2, 0.25) is 0 Å². The van der Waals surface area contributed by atoms with Crippen LogP contribution in [0.2, 0.25) is 0 Å². The molecule has 0 aliphatic heterocycles. The number of hydrogen-bond donors (Lipinski definition) is 1. The lowest BCUT2D eigenvalue weighted by atomic mass is 9.68.